The minimum atomic E-state index is -0.468. The SMILES string of the molecule is N#Cc1ccc([N+](=O)[O-])c(Nc2cccc(-c3ccccc3)c2)c1. The highest BCUT2D eigenvalue weighted by Crippen LogP contribution is 2.30. The van der Waals surface area contributed by atoms with Crippen molar-refractivity contribution in [2.24, 2.45) is 0 Å². The summed E-state index contributed by atoms with van der Waals surface area (Å²) >= 11 is 0. The summed E-state index contributed by atoms with van der Waals surface area (Å²) < 4.78 is 0. The highest BCUT2D eigenvalue weighted by Gasteiger charge is 2.14. The van der Waals surface area contributed by atoms with Crippen molar-refractivity contribution < 1.29 is 4.92 Å². The second kappa shape index (κ2) is 6.63. The smallest absolute Gasteiger partial charge is 0.292 e. The van der Waals surface area contributed by atoms with Gasteiger partial charge in [-0.1, -0.05) is 42.5 Å². The van der Waals surface area contributed by atoms with E-state index in [1.807, 2.05) is 60.7 Å². The van der Waals surface area contributed by atoms with Crippen molar-refractivity contribution in [1.82, 2.24) is 0 Å². The molecule has 0 bridgehead atoms. The summed E-state index contributed by atoms with van der Waals surface area (Å²) in [7, 11) is 0. The summed E-state index contributed by atoms with van der Waals surface area (Å²) in [5.41, 5.74) is 3.36. The van der Waals surface area contributed by atoms with Gasteiger partial charge in [0.1, 0.15) is 5.69 Å². The van der Waals surface area contributed by atoms with E-state index in [4.69, 9.17) is 5.26 Å². The molecule has 0 unspecified atom stereocenters. The molecule has 0 aliphatic rings. The molecule has 3 rings (SSSR count). The van der Waals surface area contributed by atoms with Crippen LogP contribution in [0, 0.1) is 21.4 Å². The van der Waals surface area contributed by atoms with Gasteiger partial charge in [0.25, 0.3) is 5.69 Å². The molecular formula is C19H13N3O2. The van der Waals surface area contributed by atoms with Gasteiger partial charge < -0.3 is 5.32 Å². The van der Waals surface area contributed by atoms with Crippen LogP contribution in [-0.4, -0.2) is 4.92 Å². The van der Waals surface area contributed by atoms with Crippen LogP contribution in [0.1, 0.15) is 5.56 Å². The molecule has 0 aliphatic heterocycles. The van der Waals surface area contributed by atoms with Crippen molar-refractivity contribution >= 4 is 17.1 Å². The Hall–Kier alpha value is -3.65. The van der Waals surface area contributed by atoms with Gasteiger partial charge in [-0.25, -0.2) is 0 Å². The van der Waals surface area contributed by atoms with Gasteiger partial charge in [-0.05, 0) is 35.4 Å². The Morgan fingerprint density at radius 3 is 2.38 bits per heavy atom. The molecule has 0 saturated carbocycles. The van der Waals surface area contributed by atoms with Crippen molar-refractivity contribution in [3.63, 3.8) is 0 Å². The summed E-state index contributed by atoms with van der Waals surface area (Å²) in [6.07, 6.45) is 0. The Labute approximate surface area is 139 Å². The number of nitrogens with zero attached hydrogens (tertiary/aromatic N) is 2. The van der Waals surface area contributed by atoms with Crippen molar-refractivity contribution in [3.8, 4) is 17.2 Å². The third-order valence-corrected chi connectivity index (χ3v) is 3.57. The molecule has 0 fully saturated rings. The number of nitriles is 1. The fourth-order valence-electron chi connectivity index (χ4n) is 2.43. The van der Waals surface area contributed by atoms with Crippen LogP contribution in [0.2, 0.25) is 0 Å². The second-order valence-electron chi connectivity index (χ2n) is 5.17. The Bertz CT molecular complexity index is 931. The molecule has 5 heteroatoms. The molecular weight excluding hydrogens is 302 g/mol. The summed E-state index contributed by atoms with van der Waals surface area (Å²) in [4.78, 5) is 10.7. The Balaban J connectivity index is 1.98. The molecule has 0 aromatic heterocycles. The first kappa shape index (κ1) is 15.3. The van der Waals surface area contributed by atoms with Crippen LogP contribution in [0.4, 0.5) is 17.1 Å². The van der Waals surface area contributed by atoms with E-state index in [2.05, 4.69) is 5.32 Å². The molecule has 0 aliphatic carbocycles. The molecule has 0 amide bonds. The summed E-state index contributed by atoms with van der Waals surface area (Å²) in [5, 5.41) is 23.2. The van der Waals surface area contributed by atoms with E-state index in [0.717, 1.165) is 16.8 Å². The first-order chi connectivity index (χ1) is 11.7. The van der Waals surface area contributed by atoms with Gasteiger partial charge in [0.15, 0.2) is 0 Å². The number of rotatable bonds is 4. The van der Waals surface area contributed by atoms with Gasteiger partial charge >= 0.3 is 0 Å². The monoisotopic (exact) mass is 315 g/mol. The zero-order chi connectivity index (χ0) is 16.9. The molecule has 0 heterocycles. The predicted molar refractivity (Wildman–Crippen MR) is 93.0 cm³/mol. The van der Waals surface area contributed by atoms with Crippen LogP contribution in [0.25, 0.3) is 11.1 Å². The molecule has 24 heavy (non-hydrogen) atoms. The number of benzene rings is 3. The van der Waals surface area contributed by atoms with E-state index < -0.39 is 4.92 Å². The van der Waals surface area contributed by atoms with Crippen LogP contribution in [0.5, 0.6) is 0 Å². The maximum absolute atomic E-state index is 11.2. The predicted octanol–water partition coefficient (Wildman–Crippen LogP) is 4.88. The molecule has 5 nitrogen and oxygen atoms in total. The van der Waals surface area contributed by atoms with Crippen molar-refractivity contribution in [2.45, 2.75) is 0 Å². The van der Waals surface area contributed by atoms with Gasteiger partial charge in [-0.2, -0.15) is 5.26 Å². The lowest BCUT2D eigenvalue weighted by atomic mass is 10.1. The van der Waals surface area contributed by atoms with Gasteiger partial charge in [0.2, 0.25) is 0 Å². The average molecular weight is 315 g/mol. The fourth-order valence-corrected chi connectivity index (χ4v) is 2.43. The van der Waals surface area contributed by atoms with E-state index in [0.29, 0.717) is 11.3 Å². The normalized spacial score (nSPS) is 9.96. The molecule has 3 aromatic carbocycles. The molecule has 0 atom stereocenters. The van der Waals surface area contributed by atoms with Gasteiger partial charge in [-0.15, -0.1) is 0 Å². The highest BCUT2D eigenvalue weighted by molar-refractivity contribution is 5.75. The largest absolute Gasteiger partial charge is 0.350 e. The summed E-state index contributed by atoms with van der Waals surface area (Å²) in [6, 6.07) is 23.7. The van der Waals surface area contributed by atoms with Crippen molar-refractivity contribution in [3.05, 3.63) is 88.5 Å². The fraction of sp³-hybridized carbons (Fsp3) is 0. The van der Waals surface area contributed by atoms with Crippen LogP contribution in [0.3, 0.4) is 0 Å². The standard InChI is InChI=1S/C19H13N3O2/c20-13-14-9-10-19(22(23)24)18(11-14)21-17-8-4-7-16(12-17)15-5-2-1-3-6-15/h1-12,21H. The third kappa shape index (κ3) is 3.23. The van der Waals surface area contributed by atoms with Crippen molar-refractivity contribution in [2.75, 3.05) is 5.32 Å². The zero-order valence-corrected chi connectivity index (χ0v) is 12.6. The molecule has 0 saturated heterocycles. The average Bonchev–Trinajstić information content (AvgIpc) is 2.62. The van der Waals surface area contributed by atoms with E-state index in [1.54, 1.807) is 0 Å². The number of anilines is 2. The van der Waals surface area contributed by atoms with E-state index in [1.165, 1.54) is 18.2 Å². The first-order valence-corrected chi connectivity index (χ1v) is 7.28. The minimum absolute atomic E-state index is 0.0703. The number of hydrogen-bond acceptors (Lipinski definition) is 4. The van der Waals surface area contributed by atoms with Crippen LogP contribution < -0.4 is 5.32 Å². The lowest BCUT2D eigenvalue weighted by Gasteiger charge is -2.09. The maximum Gasteiger partial charge on any atom is 0.292 e. The summed E-state index contributed by atoms with van der Waals surface area (Å²) in [6.45, 7) is 0. The third-order valence-electron chi connectivity index (χ3n) is 3.57. The second-order valence-corrected chi connectivity index (χ2v) is 5.17. The van der Waals surface area contributed by atoms with Crippen LogP contribution in [-0.2, 0) is 0 Å². The molecule has 3 aromatic rings. The Morgan fingerprint density at radius 1 is 0.917 bits per heavy atom. The van der Waals surface area contributed by atoms with Gasteiger partial charge in [0, 0.05) is 11.8 Å². The number of hydrogen-bond donors (Lipinski definition) is 1. The molecule has 0 spiro atoms. The van der Waals surface area contributed by atoms with Gasteiger partial charge in [0.05, 0.1) is 16.6 Å². The quantitative estimate of drug-likeness (QED) is 0.550. The Kier molecular flexibility index (Phi) is 4.21. The molecule has 1 N–H and O–H groups in total. The number of nitro benzene ring substituents is 1. The van der Waals surface area contributed by atoms with Crippen molar-refractivity contribution in [1.29, 1.82) is 5.26 Å². The molecule has 0 radical (unpaired) electrons. The zero-order valence-electron chi connectivity index (χ0n) is 12.6. The maximum atomic E-state index is 11.2. The van der Waals surface area contributed by atoms with Crippen LogP contribution >= 0.6 is 0 Å². The van der Waals surface area contributed by atoms with E-state index in [-0.39, 0.29) is 5.69 Å². The first-order valence-electron chi connectivity index (χ1n) is 7.28. The highest BCUT2D eigenvalue weighted by atomic mass is 16.6. The Morgan fingerprint density at radius 2 is 1.67 bits per heavy atom. The minimum Gasteiger partial charge on any atom is -0.350 e. The van der Waals surface area contributed by atoms with E-state index >= 15 is 0 Å². The number of nitrogens with one attached hydrogen (secondary N) is 1. The summed E-state index contributed by atoms with van der Waals surface area (Å²) in [5.74, 6) is 0. The lowest BCUT2D eigenvalue weighted by molar-refractivity contribution is -0.383. The van der Waals surface area contributed by atoms with Gasteiger partial charge in [-0.3, -0.25) is 10.1 Å². The number of nitro groups is 1. The lowest BCUT2D eigenvalue weighted by Crippen LogP contribution is -1.98. The van der Waals surface area contributed by atoms with Crippen LogP contribution in [0.15, 0.2) is 72.8 Å². The topological polar surface area (TPSA) is 79.0 Å². The molecule has 116 valence electrons. The van der Waals surface area contributed by atoms with E-state index in [9.17, 15) is 10.1 Å².